The summed E-state index contributed by atoms with van der Waals surface area (Å²) in [6.07, 6.45) is 6.38. The number of hydrogen-bond donors (Lipinski definition) is 2. The first-order valence-corrected chi connectivity index (χ1v) is 11.1. The molecule has 0 fully saturated rings. The van der Waals surface area contributed by atoms with Crippen molar-refractivity contribution in [2.45, 2.75) is 26.4 Å². The van der Waals surface area contributed by atoms with Gasteiger partial charge < -0.3 is 10.6 Å². The van der Waals surface area contributed by atoms with Gasteiger partial charge in [0.15, 0.2) is 5.96 Å². The quantitative estimate of drug-likeness (QED) is 0.179. The number of benzene rings is 2. The molecule has 178 valence electrons. The standard InChI is InChI=1S/C25H28FN7.HI/c1-2-27-25(29-18-20-6-3-4-7-21(20)19-32-16-5-14-30-32)28-15-12-23-13-17-33(31-23)24-10-8-22(26)9-11-24;/h3-11,13-14,16-17H,2,12,15,18-19H2,1H3,(H2,27,28,29);1H. The van der Waals surface area contributed by atoms with Crippen LogP contribution in [0, 0.1) is 5.82 Å². The first-order chi connectivity index (χ1) is 16.2. The van der Waals surface area contributed by atoms with Crippen molar-refractivity contribution in [2.24, 2.45) is 4.99 Å². The van der Waals surface area contributed by atoms with Gasteiger partial charge >= 0.3 is 0 Å². The third kappa shape index (κ3) is 7.14. The van der Waals surface area contributed by atoms with Crippen molar-refractivity contribution in [1.82, 2.24) is 30.2 Å². The largest absolute Gasteiger partial charge is 0.357 e. The van der Waals surface area contributed by atoms with Crippen molar-refractivity contribution >= 4 is 29.9 Å². The van der Waals surface area contributed by atoms with Gasteiger partial charge in [-0.1, -0.05) is 24.3 Å². The van der Waals surface area contributed by atoms with Crippen LogP contribution in [0.25, 0.3) is 5.69 Å². The van der Waals surface area contributed by atoms with Gasteiger partial charge in [0, 0.05) is 38.1 Å². The second kappa shape index (κ2) is 12.9. The molecule has 4 aromatic rings. The fourth-order valence-electron chi connectivity index (χ4n) is 3.48. The molecular formula is C25H29FIN7. The third-order valence-electron chi connectivity index (χ3n) is 5.17. The SMILES string of the molecule is CCNC(=NCc1ccccc1Cn1cccn1)NCCc1ccn(-c2ccc(F)cc2)n1.I. The van der Waals surface area contributed by atoms with Crippen LogP contribution in [0.3, 0.4) is 0 Å². The van der Waals surface area contributed by atoms with Gasteiger partial charge in [0.05, 0.1) is 24.5 Å². The van der Waals surface area contributed by atoms with Crippen LogP contribution in [0.4, 0.5) is 4.39 Å². The Morgan fingerprint density at radius 2 is 1.76 bits per heavy atom. The van der Waals surface area contributed by atoms with Crippen LogP contribution in [0.2, 0.25) is 0 Å². The molecule has 2 heterocycles. The Morgan fingerprint density at radius 1 is 0.971 bits per heavy atom. The molecule has 0 aliphatic heterocycles. The van der Waals surface area contributed by atoms with E-state index in [2.05, 4.69) is 33.0 Å². The van der Waals surface area contributed by atoms with E-state index in [-0.39, 0.29) is 29.8 Å². The maximum absolute atomic E-state index is 13.1. The summed E-state index contributed by atoms with van der Waals surface area (Å²) in [5.41, 5.74) is 4.15. The summed E-state index contributed by atoms with van der Waals surface area (Å²) < 4.78 is 16.8. The second-order valence-electron chi connectivity index (χ2n) is 7.57. The van der Waals surface area contributed by atoms with E-state index in [1.807, 2.05) is 48.3 Å². The van der Waals surface area contributed by atoms with E-state index >= 15 is 0 Å². The summed E-state index contributed by atoms with van der Waals surface area (Å²) >= 11 is 0. The molecule has 0 atom stereocenters. The number of guanidine groups is 1. The molecule has 7 nitrogen and oxygen atoms in total. The molecule has 0 bridgehead atoms. The van der Waals surface area contributed by atoms with Gasteiger partial charge in [-0.25, -0.2) is 14.1 Å². The van der Waals surface area contributed by atoms with Crippen molar-refractivity contribution < 1.29 is 4.39 Å². The number of rotatable bonds is 9. The Kier molecular flexibility index (Phi) is 9.62. The number of hydrogen-bond acceptors (Lipinski definition) is 3. The van der Waals surface area contributed by atoms with Crippen LogP contribution in [-0.2, 0) is 19.5 Å². The molecular weight excluding hydrogens is 544 g/mol. The van der Waals surface area contributed by atoms with Gasteiger partial charge in [0.2, 0.25) is 0 Å². The monoisotopic (exact) mass is 573 g/mol. The summed E-state index contributed by atoms with van der Waals surface area (Å²) in [4.78, 5) is 4.77. The molecule has 0 saturated carbocycles. The molecule has 0 aliphatic carbocycles. The van der Waals surface area contributed by atoms with Crippen molar-refractivity contribution in [2.75, 3.05) is 13.1 Å². The first kappa shape index (κ1) is 25.4. The van der Waals surface area contributed by atoms with Crippen LogP contribution in [0.1, 0.15) is 23.7 Å². The maximum Gasteiger partial charge on any atom is 0.191 e. The highest BCUT2D eigenvalue weighted by Crippen LogP contribution is 2.12. The zero-order valence-corrected chi connectivity index (χ0v) is 21.4. The van der Waals surface area contributed by atoms with Gasteiger partial charge in [0.1, 0.15) is 5.82 Å². The zero-order valence-electron chi connectivity index (χ0n) is 19.1. The smallest absolute Gasteiger partial charge is 0.191 e. The molecule has 2 N–H and O–H groups in total. The molecule has 9 heteroatoms. The molecule has 0 aliphatic rings. The number of aromatic nitrogens is 4. The minimum atomic E-state index is -0.255. The predicted octanol–water partition coefficient (Wildman–Crippen LogP) is 4.17. The minimum Gasteiger partial charge on any atom is -0.357 e. The summed E-state index contributed by atoms with van der Waals surface area (Å²) in [5, 5.41) is 15.6. The van der Waals surface area contributed by atoms with Crippen LogP contribution < -0.4 is 10.6 Å². The number of aliphatic imine (C=N–C) groups is 1. The molecule has 0 saturated heterocycles. The number of nitrogens with one attached hydrogen (secondary N) is 2. The zero-order chi connectivity index (χ0) is 22.9. The lowest BCUT2D eigenvalue weighted by atomic mass is 10.1. The number of nitrogens with zero attached hydrogens (tertiary/aromatic N) is 5. The average Bonchev–Trinajstić information content (AvgIpc) is 3.51. The molecule has 0 unspecified atom stereocenters. The highest BCUT2D eigenvalue weighted by molar-refractivity contribution is 14.0. The van der Waals surface area contributed by atoms with E-state index in [0.29, 0.717) is 13.1 Å². The fourth-order valence-corrected chi connectivity index (χ4v) is 3.48. The Bertz CT molecular complexity index is 1170. The molecule has 34 heavy (non-hydrogen) atoms. The van der Waals surface area contributed by atoms with Crippen molar-refractivity contribution in [3.05, 3.63) is 102 Å². The molecule has 4 rings (SSSR count). The van der Waals surface area contributed by atoms with E-state index < -0.39 is 0 Å². The van der Waals surface area contributed by atoms with E-state index in [4.69, 9.17) is 4.99 Å². The molecule has 0 amide bonds. The Hall–Kier alpha value is -3.21. The fraction of sp³-hybridized carbons (Fsp3) is 0.240. The molecule has 2 aromatic carbocycles. The van der Waals surface area contributed by atoms with Gasteiger partial charge in [-0.15, -0.1) is 24.0 Å². The lowest BCUT2D eigenvalue weighted by Crippen LogP contribution is -2.38. The van der Waals surface area contributed by atoms with Crippen LogP contribution in [0.5, 0.6) is 0 Å². The van der Waals surface area contributed by atoms with E-state index in [1.54, 1.807) is 23.0 Å². The summed E-state index contributed by atoms with van der Waals surface area (Å²) in [6.45, 7) is 4.82. The van der Waals surface area contributed by atoms with Gasteiger partial charge in [-0.05, 0) is 54.4 Å². The van der Waals surface area contributed by atoms with Gasteiger partial charge in [0.25, 0.3) is 0 Å². The topological polar surface area (TPSA) is 72.1 Å². The van der Waals surface area contributed by atoms with Gasteiger partial charge in [-0.2, -0.15) is 10.2 Å². The summed E-state index contributed by atoms with van der Waals surface area (Å²) in [5.74, 6) is 0.513. The Labute approximate surface area is 216 Å². The maximum atomic E-state index is 13.1. The van der Waals surface area contributed by atoms with Crippen LogP contribution >= 0.6 is 24.0 Å². The highest BCUT2D eigenvalue weighted by atomic mass is 127. The normalized spacial score (nSPS) is 11.2. The molecule has 0 spiro atoms. The summed E-state index contributed by atoms with van der Waals surface area (Å²) in [7, 11) is 0. The first-order valence-electron chi connectivity index (χ1n) is 11.1. The Morgan fingerprint density at radius 3 is 2.50 bits per heavy atom. The summed E-state index contributed by atoms with van der Waals surface area (Å²) in [6, 6.07) is 18.5. The number of halogens is 2. The average molecular weight is 573 g/mol. The molecule has 0 radical (unpaired) electrons. The lowest BCUT2D eigenvalue weighted by molar-refractivity contribution is 0.627. The van der Waals surface area contributed by atoms with Gasteiger partial charge in [-0.3, -0.25) is 4.68 Å². The van der Waals surface area contributed by atoms with E-state index in [0.717, 1.165) is 36.9 Å². The van der Waals surface area contributed by atoms with Crippen molar-refractivity contribution in [3.63, 3.8) is 0 Å². The Balaban J connectivity index is 0.00000324. The van der Waals surface area contributed by atoms with E-state index in [1.165, 1.54) is 23.3 Å². The second-order valence-corrected chi connectivity index (χ2v) is 7.57. The molecule has 2 aromatic heterocycles. The van der Waals surface area contributed by atoms with Crippen molar-refractivity contribution in [1.29, 1.82) is 0 Å². The minimum absolute atomic E-state index is 0. The van der Waals surface area contributed by atoms with Crippen LogP contribution in [-0.4, -0.2) is 38.6 Å². The predicted molar refractivity (Wildman–Crippen MR) is 143 cm³/mol. The van der Waals surface area contributed by atoms with Crippen LogP contribution in [0.15, 0.2) is 84.2 Å². The van der Waals surface area contributed by atoms with E-state index in [9.17, 15) is 4.39 Å². The highest BCUT2D eigenvalue weighted by Gasteiger charge is 2.05. The third-order valence-corrected chi connectivity index (χ3v) is 5.17. The van der Waals surface area contributed by atoms with Crippen molar-refractivity contribution in [3.8, 4) is 5.69 Å². The lowest BCUT2D eigenvalue weighted by Gasteiger charge is -2.12.